The van der Waals surface area contributed by atoms with Gasteiger partial charge in [0.05, 0.1) is 11.9 Å². The van der Waals surface area contributed by atoms with Crippen molar-refractivity contribution in [2.24, 2.45) is 5.41 Å². The number of piperidine rings is 1. The molecule has 130 valence electrons. The van der Waals surface area contributed by atoms with Crippen LogP contribution in [0.4, 0.5) is 0 Å². The van der Waals surface area contributed by atoms with E-state index in [1.165, 1.54) is 4.88 Å². The average molecular weight is 359 g/mol. The smallest absolute Gasteiger partial charge is 0.211 e. The number of sulfonamides is 1. The van der Waals surface area contributed by atoms with E-state index in [9.17, 15) is 8.42 Å². The third-order valence-electron chi connectivity index (χ3n) is 5.13. The van der Waals surface area contributed by atoms with E-state index in [1.807, 2.05) is 0 Å². The maximum absolute atomic E-state index is 11.7. The first-order chi connectivity index (χ1) is 11.0. The van der Waals surface area contributed by atoms with Crippen molar-refractivity contribution >= 4 is 21.4 Å². The van der Waals surface area contributed by atoms with Crippen LogP contribution in [0, 0.1) is 5.41 Å². The van der Waals surface area contributed by atoms with Gasteiger partial charge in [-0.1, -0.05) is 6.07 Å². The SMILES string of the molecule is CCS(=O)(=O)NCC[C@]12CCO[C@H]1CCN(Cc1cccs1)C2. The molecule has 0 radical (unpaired) electrons. The van der Waals surface area contributed by atoms with Gasteiger partial charge in [-0.05, 0) is 37.6 Å². The lowest BCUT2D eigenvalue weighted by molar-refractivity contribution is -0.0234. The highest BCUT2D eigenvalue weighted by Crippen LogP contribution is 2.43. The van der Waals surface area contributed by atoms with Gasteiger partial charge in [-0.15, -0.1) is 11.3 Å². The van der Waals surface area contributed by atoms with Crippen molar-refractivity contribution in [1.82, 2.24) is 9.62 Å². The van der Waals surface area contributed by atoms with Crippen LogP contribution in [0.3, 0.4) is 0 Å². The molecule has 2 aliphatic heterocycles. The largest absolute Gasteiger partial charge is 0.378 e. The first-order valence-corrected chi connectivity index (χ1v) is 10.9. The molecule has 2 atom stereocenters. The van der Waals surface area contributed by atoms with Crippen LogP contribution >= 0.6 is 11.3 Å². The molecule has 1 aromatic heterocycles. The Labute approximate surface area is 143 Å². The molecule has 1 aromatic rings. The monoisotopic (exact) mass is 358 g/mol. The number of hydrogen-bond acceptors (Lipinski definition) is 5. The third-order valence-corrected chi connectivity index (χ3v) is 7.40. The van der Waals surface area contributed by atoms with Gasteiger partial charge < -0.3 is 4.74 Å². The Morgan fingerprint density at radius 3 is 3.13 bits per heavy atom. The predicted molar refractivity (Wildman–Crippen MR) is 93.1 cm³/mol. The molecule has 23 heavy (non-hydrogen) atoms. The van der Waals surface area contributed by atoms with E-state index in [4.69, 9.17) is 4.74 Å². The minimum absolute atomic E-state index is 0.103. The van der Waals surface area contributed by atoms with Crippen molar-refractivity contribution in [2.75, 3.05) is 32.0 Å². The standard InChI is InChI=1S/C16H26N2O3S2/c1-2-23(19,20)17-8-6-16-7-10-21-15(16)5-9-18(13-16)12-14-4-3-11-22-14/h3-4,11,15,17H,2,5-10,12-13H2,1H3/t15-,16+/m0/s1. The number of hydrogen-bond donors (Lipinski definition) is 1. The highest BCUT2D eigenvalue weighted by atomic mass is 32.2. The summed E-state index contributed by atoms with van der Waals surface area (Å²) in [6.07, 6.45) is 3.23. The average Bonchev–Trinajstić information content (AvgIpc) is 3.16. The van der Waals surface area contributed by atoms with Crippen LogP contribution in [0.25, 0.3) is 0 Å². The van der Waals surface area contributed by atoms with Crippen LogP contribution in [0.2, 0.25) is 0 Å². The summed E-state index contributed by atoms with van der Waals surface area (Å²) in [7, 11) is -3.11. The molecular formula is C16H26N2O3S2. The van der Waals surface area contributed by atoms with Gasteiger partial charge in [0, 0.05) is 43.1 Å². The highest BCUT2D eigenvalue weighted by molar-refractivity contribution is 7.89. The predicted octanol–water partition coefficient (Wildman–Crippen LogP) is 2.06. The fourth-order valence-electron chi connectivity index (χ4n) is 3.82. The lowest BCUT2D eigenvalue weighted by Crippen LogP contribution is -2.50. The topological polar surface area (TPSA) is 58.6 Å². The molecule has 2 saturated heterocycles. The Morgan fingerprint density at radius 1 is 1.52 bits per heavy atom. The number of likely N-dealkylation sites (tertiary alicyclic amines) is 1. The van der Waals surface area contributed by atoms with Gasteiger partial charge in [-0.25, -0.2) is 13.1 Å². The number of ether oxygens (including phenoxy) is 1. The summed E-state index contributed by atoms with van der Waals surface area (Å²) in [5.74, 6) is 0.143. The molecule has 2 aliphatic rings. The molecule has 0 amide bonds. The summed E-state index contributed by atoms with van der Waals surface area (Å²) < 4.78 is 32.0. The lowest BCUT2D eigenvalue weighted by Gasteiger charge is -2.43. The number of nitrogens with one attached hydrogen (secondary N) is 1. The van der Waals surface area contributed by atoms with E-state index in [0.29, 0.717) is 6.54 Å². The summed E-state index contributed by atoms with van der Waals surface area (Å²) in [5, 5.41) is 2.12. The fraction of sp³-hybridized carbons (Fsp3) is 0.750. The second-order valence-corrected chi connectivity index (χ2v) is 9.73. The Kier molecular flexibility index (Phi) is 5.42. The maximum Gasteiger partial charge on any atom is 0.211 e. The third kappa shape index (κ3) is 4.14. The van der Waals surface area contributed by atoms with Gasteiger partial charge in [0.25, 0.3) is 0 Å². The van der Waals surface area contributed by atoms with Crippen molar-refractivity contribution < 1.29 is 13.2 Å². The van der Waals surface area contributed by atoms with Crippen LogP contribution in [0.1, 0.15) is 31.1 Å². The number of rotatable bonds is 7. The molecule has 0 aliphatic carbocycles. The Morgan fingerprint density at radius 2 is 2.39 bits per heavy atom. The zero-order valence-electron chi connectivity index (χ0n) is 13.7. The quantitative estimate of drug-likeness (QED) is 0.810. The summed E-state index contributed by atoms with van der Waals surface area (Å²) in [6.45, 7) is 6.05. The van der Waals surface area contributed by atoms with E-state index in [1.54, 1.807) is 18.3 Å². The molecule has 1 N–H and O–H groups in total. The first kappa shape index (κ1) is 17.4. The van der Waals surface area contributed by atoms with Crippen molar-refractivity contribution in [2.45, 2.75) is 38.8 Å². The van der Waals surface area contributed by atoms with Crippen molar-refractivity contribution in [3.63, 3.8) is 0 Å². The van der Waals surface area contributed by atoms with Gasteiger partial charge in [0.1, 0.15) is 0 Å². The summed E-state index contributed by atoms with van der Waals surface area (Å²) in [6, 6.07) is 4.28. The van der Waals surface area contributed by atoms with E-state index in [2.05, 4.69) is 27.1 Å². The van der Waals surface area contributed by atoms with E-state index in [0.717, 1.165) is 45.5 Å². The van der Waals surface area contributed by atoms with Crippen molar-refractivity contribution in [1.29, 1.82) is 0 Å². The van der Waals surface area contributed by atoms with E-state index < -0.39 is 10.0 Å². The Bertz CT molecular complexity index is 603. The van der Waals surface area contributed by atoms with Crippen LogP contribution in [0.15, 0.2) is 17.5 Å². The van der Waals surface area contributed by atoms with Gasteiger partial charge >= 0.3 is 0 Å². The summed E-state index contributed by atoms with van der Waals surface area (Å²) in [4.78, 5) is 3.90. The molecule has 0 bridgehead atoms. The lowest BCUT2D eigenvalue weighted by atomic mass is 9.74. The maximum atomic E-state index is 11.7. The zero-order valence-corrected chi connectivity index (χ0v) is 15.3. The van der Waals surface area contributed by atoms with Crippen molar-refractivity contribution in [3.8, 4) is 0 Å². The van der Waals surface area contributed by atoms with E-state index >= 15 is 0 Å². The van der Waals surface area contributed by atoms with Crippen LogP contribution in [0.5, 0.6) is 0 Å². The number of fused-ring (bicyclic) bond motifs is 1. The first-order valence-electron chi connectivity index (χ1n) is 8.37. The molecule has 0 spiro atoms. The molecule has 2 fully saturated rings. The summed E-state index contributed by atoms with van der Waals surface area (Å²) in [5.41, 5.74) is 0.103. The number of thiophene rings is 1. The molecule has 3 rings (SSSR count). The zero-order chi connectivity index (χ0) is 16.3. The molecule has 0 saturated carbocycles. The highest BCUT2D eigenvalue weighted by Gasteiger charge is 2.47. The van der Waals surface area contributed by atoms with E-state index in [-0.39, 0.29) is 17.3 Å². The normalized spacial score (nSPS) is 28.8. The van der Waals surface area contributed by atoms with Crippen LogP contribution in [-0.4, -0.2) is 51.4 Å². The molecule has 0 unspecified atom stereocenters. The Balaban J connectivity index is 1.62. The minimum atomic E-state index is -3.11. The Hall–Kier alpha value is -0.470. The second-order valence-electron chi connectivity index (χ2n) is 6.60. The number of nitrogens with zero attached hydrogens (tertiary/aromatic N) is 1. The molecule has 0 aromatic carbocycles. The van der Waals surface area contributed by atoms with Crippen molar-refractivity contribution in [3.05, 3.63) is 22.4 Å². The molecule has 7 heteroatoms. The molecular weight excluding hydrogens is 332 g/mol. The summed E-state index contributed by atoms with van der Waals surface area (Å²) >= 11 is 1.80. The van der Waals surface area contributed by atoms with Gasteiger partial charge in [-0.2, -0.15) is 0 Å². The van der Waals surface area contributed by atoms with Gasteiger partial charge in [0.15, 0.2) is 0 Å². The molecule has 3 heterocycles. The van der Waals surface area contributed by atoms with Gasteiger partial charge in [-0.3, -0.25) is 4.90 Å². The minimum Gasteiger partial charge on any atom is -0.378 e. The second kappa shape index (κ2) is 7.19. The molecule has 5 nitrogen and oxygen atoms in total. The fourth-order valence-corrected chi connectivity index (χ4v) is 5.18. The van der Waals surface area contributed by atoms with Gasteiger partial charge in [0.2, 0.25) is 10.0 Å². The van der Waals surface area contributed by atoms with Crippen LogP contribution < -0.4 is 4.72 Å². The van der Waals surface area contributed by atoms with Crippen LogP contribution in [-0.2, 0) is 21.3 Å².